The van der Waals surface area contributed by atoms with Gasteiger partial charge in [0.15, 0.2) is 17.0 Å². The van der Waals surface area contributed by atoms with Crippen LogP contribution in [0.4, 0.5) is 11.8 Å². The van der Waals surface area contributed by atoms with E-state index in [2.05, 4.69) is 79.8 Å². The van der Waals surface area contributed by atoms with Crippen molar-refractivity contribution in [3.05, 3.63) is 88.9 Å². The largest absolute Gasteiger partial charge is 0.497 e. The molecule has 1 aliphatic heterocycles. The Morgan fingerprint density at radius 3 is 2.54 bits per heavy atom. The number of hydrogen-bond acceptors (Lipinski definition) is 8. The third-order valence-electron chi connectivity index (χ3n) is 7.22. The van der Waals surface area contributed by atoms with Crippen LogP contribution in [0.3, 0.4) is 0 Å². The Labute approximate surface area is 232 Å². The second-order valence-electron chi connectivity index (χ2n) is 9.87. The van der Waals surface area contributed by atoms with Crippen LogP contribution in [0.1, 0.15) is 24.0 Å². The van der Waals surface area contributed by atoms with E-state index in [0.717, 1.165) is 73.9 Å². The van der Waals surface area contributed by atoms with Gasteiger partial charge in [-0.05, 0) is 54.0 Å². The zero-order chi connectivity index (χ0) is 26.4. The van der Waals surface area contributed by atoms with E-state index in [1.807, 2.05) is 23.0 Å². The molecule has 0 spiro atoms. The van der Waals surface area contributed by atoms with Crippen LogP contribution in [0.2, 0.25) is 0 Å². The molecule has 8 nitrogen and oxygen atoms in total. The highest BCUT2D eigenvalue weighted by Crippen LogP contribution is 2.26. The number of piperidine rings is 1. The molecule has 0 atom stereocenters. The number of likely N-dealkylation sites (tertiary alicyclic amines) is 1. The van der Waals surface area contributed by atoms with E-state index in [1.165, 1.54) is 11.1 Å². The lowest BCUT2D eigenvalue weighted by Gasteiger charge is -2.32. The number of aromatic nitrogens is 4. The van der Waals surface area contributed by atoms with Gasteiger partial charge in [-0.25, -0.2) is 4.98 Å². The summed E-state index contributed by atoms with van der Waals surface area (Å²) in [5.74, 6) is 2.27. The SMILES string of the molecule is COc1ccc(CCNc2nc(NC3CCN(Cc4ccccc4)CC3)nc3c2ncn3-c2ccsc2)cc1. The first-order valence-corrected chi connectivity index (χ1v) is 14.4. The predicted molar refractivity (Wildman–Crippen MR) is 158 cm³/mol. The van der Waals surface area contributed by atoms with Crippen molar-refractivity contribution in [1.82, 2.24) is 24.4 Å². The summed E-state index contributed by atoms with van der Waals surface area (Å²) in [7, 11) is 1.69. The minimum Gasteiger partial charge on any atom is -0.497 e. The summed E-state index contributed by atoms with van der Waals surface area (Å²) in [6.07, 6.45) is 4.81. The van der Waals surface area contributed by atoms with Crippen LogP contribution in [0, 0.1) is 0 Å². The van der Waals surface area contributed by atoms with Gasteiger partial charge in [0, 0.05) is 37.6 Å². The molecule has 2 N–H and O–H groups in total. The van der Waals surface area contributed by atoms with Crippen molar-refractivity contribution in [2.24, 2.45) is 0 Å². The molecule has 4 heterocycles. The number of nitrogens with one attached hydrogen (secondary N) is 2. The molecule has 1 aliphatic rings. The second-order valence-corrected chi connectivity index (χ2v) is 10.6. The zero-order valence-electron chi connectivity index (χ0n) is 22.1. The van der Waals surface area contributed by atoms with Crippen LogP contribution in [-0.2, 0) is 13.0 Å². The number of fused-ring (bicyclic) bond motifs is 1. The van der Waals surface area contributed by atoms with Crippen LogP contribution < -0.4 is 15.4 Å². The highest BCUT2D eigenvalue weighted by Gasteiger charge is 2.21. The average molecular weight is 540 g/mol. The van der Waals surface area contributed by atoms with E-state index >= 15 is 0 Å². The van der Waals surface area contributed by atoms with Gasteiger partial charge in [0.05, 0.1) is 12.8 Å². The molecule has 1 fully saturated rings. The summed E-state index contributed by atoms with van der Waals surface area (Å²) in [4.78, 5) is 17.0. The average Bonchev–Trinajstić information content (AvgIpc) is 3.65. The highest BCUT2D eigenvalue weighted by molar-refractivity contribution is 7.08. The first-order valence-electron chi connectivity index (χ1n) is 13.4. The Hall–Kier alpha value is -3.95. The number of ether oxygens (including phenoxy) is 1. The van der Waals surface area contributed by atoms with E-state index in [-0.39, 0.29) is 0 Å². The molecule has 39 heavy (non-hydrogen) atoms. The van der Waals surface area contributed by atoms with Crippen LogP contribution in [0.25, 0.3) is 16.9 Å². The quantitative estimate of drug-likeness (QED) is 0.239. The van der Waals surface area contributed by atoms with Crippen LogP contribution in [0.15, 0.2) is 77.8 Å². The normalized spacial score (nSPS) is 14.5. The third-order valence-corrected chi connectivity index (χ3v) is 7.89. The lowest BCUT2D eigenvalue weighted by Crippen LogP contribution is -2.39. The van der Waals surface area contributed by atoms with Crippen molar-refractivity contribution < 1.29 is 4.74 Å². The number of nitrogens with zero attached hydrogens (tertiary/aromatic N) is 5. The topological polar surface area (TPSA) is 80.1 Å². The van der Waals surface area contributed by atoms with Crippen LogP contribution >= 0.6 is 11.3 Å². The second kappa shape index (κ2) is 11.8. The van der Waals surface area contributed by atoms with Crippen LogP contribution in [0.5, 0.6) is 5.75 Å². The molecule has 1 saturated heterocycles. The number of thiophene rings is 1. The number of hydrogen-bond donors (Lipinski definition) is 2. The van der Waals surface area contributed by atoms with E-state index in [9.17, 15) is 0 Å². The summed E-state index contributed by atoms with van der Waals surface area (Å²) in [6.45, 7) is 3.84. The minimum atomic E-state index is 0.333. The minimum absolute atomic E-state index is 0.333. The molecule has 0 bridgehead atoms. The van der Waals surface area contributed by atoms with E-state index < -0.39 is 0 Å². The van der Waals surface area contributed by atoms with E-state index in [1.54, 1.807) is 18.4 Å². The van der Waals surface area contributed by atoms with Gasteiger partial charge in [0.1, 0.15) is 12.1 Å². The van der Waals surface area contributed by atoms with Gasteiger partial charge in [0.2, 0.25) is 5.95 Å². The molecule has 0 saturated carbocycles. The molecule has 9 heteroatoms. The first-order chi connectivity index (χ1) is 19.2. The number of rotatable bonds is 10. The Balaban J connectivity index is 1.17. The Morgan fingerprint density at radius 2 is 1.79 bits per heavy atom. The molecular weight excluding hydrogens is 506 g/mol. The van der Waals surface area contributed by atoms with Gasteiger partial charge < -0.3 is 15.4 Å². The van der Waals surface area contributed by atoms with Gasteiger partial charge in [-0.3, -0.25) is 9.47 Å². The molecule has 0 amide bonds. The predicted octanol–water partition coefficient (Wildman–Crippen LogP) is 5.62. The van der Waals surface area contributed by atoms with Crippen molar-refractivity contribution in [3.8, 4) is 11.4 Å². The lowest BCUT2D eigenvalue weighted by atomic mass is 10.0. The van der Waals surface area contributed by atoms with Gasteiger partial charge in [-0.2, -0.15) is 21.3 Å². The Bertz CT molecular complexity index is 1480. The highest BCUT2D eigenvalue weighted by atomic mass is 32.1. The standard InChI is InChI=1S/C30H33N7OS/c1-38-26-9-7-22(8-10-26)11-15-31-28-27-29(37(21-32-27)25-14-18-39-20-25)35-30(34-28)33-24-12-16-36(17-13-24)19-23-5-3-2-4-6-23/h2-10,14,18,20-21,24H,11-13,15-17,19H2,1H3,(H2,31,33,34,35). The van der Waals surface area contributed by atoms with Crippen LogP contribution in [-0.4, -0.2) is 57.2 Å². The van der Waals surface area contributed by atoms with Crippen molar-refractivity contribution in [3.63, 3.8) is 0 Å². The van der Waals surface area contributed by atoms with Gasteiger partial charge in [-0.1, -0.05) is 42.5 Å². The van der Waals surface area contributed by atoms with Gasteiger partial charge in [0.25, 0.3) is 0 Å². The molecule has 6 rings (SSSR count). The maximum Gasteiger partial charge on any atom is 0.227 e. The monoisotopic (exact) mass is 539 g/mol. The number of methoxy groups -OCH3 is 1. The summed E-state index contributed by atoms with van der Waals surface area (Å²) in [5.41, 5.74) is 5.24. The number of benzene rings is 2. The molecule has 5 aromatic rings. The van der Waals surface area contributed by atoms with E-state index in [4.69, 9.17) is 14.7 Å². The Morgan fingerprint density at radius 1 is 0.974 bits per heavy atom. The Kier molecular flexibility index (Phi) is 7.69. The van der Waals surface area contributed by atoms with Crippen molar-refractivity contribution in [2.45, 2.75) is 31.8 Å². The molecule has 0 unspecified atom stereocenters. The zero-order valence-corrected chi connectivity index (χ0v) is 22.9. The third kappa shape index (κ3) is 6.05. The van der Waals surface area contributed by atoms with Crippen molar-refractivity contribution in [1.29, 1.82) is 0 Å². The summed E-state index contributed by atoms with van der Waals surface area (Å²) in [6, 6.07) is 21.3. The maximum absolute atomic E-state index is 5.28. The molecule has 0 aliphatic carbocycles. The molecule has 200 valence electrons. The fraction of sp³-hybridized carbons (Fsp3) is 0.300. The fourth-order valence-corrected chi connectivity index (χ4v) is 5.68. The summed E-state index contributed by atoms with van der Waals surface area (Å²) in [5, 5.41) is 11.3. The van der Waals surface area contributed by atoms with Gasteiger partial charge in [-0.15, -0.1) is 0 Å². The summed E-state index contributed by atoms with van der Waals surface area (Å²) >= 11 is 1.66. The van der Waals surface area contributed by atoms with Crippen molar-refractivity contribution in [2.75, 3.05) is 37.4 Å². The maximum atomic E-state index is 5.28. The van der Waals surface area contributed by atoms with Crippen molar-refractivity contribution >= 4 is 34.3 Å². The molecule has 0 radical (unpaired) electrons. The van der Waals surface area contributed by atoms with Gasteiger partial charge >= 0.3 is 0 Å². The fourth-order valence-electron chi connectivity index (χ4n) is 5.05. The molecular formula is C30H33N7OS. The number of anilines is 2. The number of imidazole rings is 1. The lowest BCUT2D eigenvalue weighted by molar-refractivity contribution is 0.211. The summed E-state index contributed by atoms with van der Waals surface area (Å²) < 4.78 is 7.32. The smallest absolute Gasteiger partial charge is 0.227 e. The van der Waals surface area contributed by atoms with E-state index in [0.29, 0.717) is 12.0 Å². The molecule has 2 aromatic carbocycles. The molecule has 3 aromatic heterocycles. The first kappa shape index (κ1) is 25.3.